The number of carbonyl (C=O) groups excluding carboxylic acids is 1. The van der Waals surface area contributed by atoms with Crippen molar-refractivity contribution in [2.24, 2.45) is 0 Å². The molecule has 0 radical (unpaired) electrons. The van der Waals surface area contributed by atoms with Crippen LogP contribution in [-0.2, 0) is 4.79 Å². The van der Waals surface area contributed by atoms with Gasteiger partial charge in [-0.15, -0.1) is 0 Å². The first-order chi connectivity index (χ1) is 12.1. The molecule has 0 spiro atoms. The van der Waals surface area contributed by atoms with E-state index in [2.05, 4.69) is 0 Å². The van der Waals surface area contributed by atoms with Crippen molar-refractivity contribution in [3.05, 3.63) is 47.7 Å². The summed E-state index contributed by atoms with van der Waals surface area (Å²) in [5.41, 5.74) is 1.77. The highest BCUT2D eigenvalue weighted by Gasteiger charge is 2.36. The Bertz CT molecular complexity index is 796. The molecule has 0 saturated carbocycles. The van der Waals surface area contributed by atoms with E-state index in [0.717, 1.165) is 5.56 Å². The molecule has 2 N–H and O–H groups in total. The van der Waals surface area contributed by atoms with E-state index in [1.54, 1.807) is 6.07 Å². The van der Waals surface area contributed by atoms with Crippen LogP contribution < -0.4 is 5.32 Å². The molecule has 1 atom stereocenters. The van der Waals surface area contributed by atoms with E-state index in [0.29, 0.717) is 11.3 Å². The third kappa shape index (κ3) is 5.11. The van der Waals surface area contributed by atoms with Gasteiger partial charge in [0, 0.05) is 5.56 Å². The highest BCUT2D eigenvalue weighted by Crippen LogP contribution is 2.26. The number of nitrogens with one attached hydrogen (secondary N) is 1. The topological polar surface area (TPSA) is 79.5 Å². The molecule has 0 aliphatic rings. The van der Waals surface area contributed by atoms with E-state index < -0.39 is 30.5 Å². The largest absolute Gasteiger partial charge is 0.480 e. The highest BCUT2D eigenvalue weighted by atomic mass is 19.4. The minimum atomic E-state index is -4.72. The highest BCUT2D eigenvalue weighted by molar-refractivity contribution is 5.94. The van der Waals surface area contributed by atoms with Crippen LogP contribution in [0, 0.1) is 0 Å². The molecule has 1 aromatic heterocycles. The number of furan rings is 1. The molecule has 1 aromatic carbocycles. The van der Waals surface area contributed by atoms with Crippen LogP contribution in [-0.4, -0.2) is 29.2 Å². The number of amides is 1. The number of hydrogen-bond donors (Lipinski definition) is 2. The third-order valence-electron chi connectivity index (χ3n) is 3.71. The standard InChI is InChI=1S/C18H18F3NO4/c1-10(2)11-4-3-5-12(8-11)14-6-7-15(26-14)16(23)22-13(17(24)25)9-18(19,20)21/h3-8,10,13H,9H2,1-2H3,(H,22,23)(H,24,25). The molecule has 0 fully saturated rings. The number of alkyl halides is 3. The summed E-state index contributed by atoms with van der Waals surface area (Å²) < 4.78 is 42.6. The van der Waals surface area contributed by atoms with Crippen LogP contribution >= 0.6 is 0 Å². The van der Waals surface area contributed by atoms with Crippen molar-refractivity contribution in [3.63, 3.8) is 0 Å². The van der Waals surface area contributed by atoms with Gasteiger partial charge in [-0.05, 0) is 29.7 Å². The summed E-state index contributed by atoms with van der Waals surface area (Å²) in [6.07, 6.45) is -6.39. The van der Waals surface area contributed by atoms with Gasteiger partial charge in [0.05, 0.1) is 6.42 Å². The van der Waals surface area contributed by atoms with Gasteiger partial charge >= 0.3 is 12.1 Å². The number of rotatable bonds is 6. The first-order valence-corrected chi connectivity index (χ1v) is 7.87. The molecule has 0 aliphatic carbocycles. The minimum Gasteiger partial charge on any atom is -0.480 e. The second-order valence-electron chi connectivity index (χ2n) is 6.13. The molecule has 5 nitrogen and oxygen atoms in total. The molecule has 0 bridgehead atoms. The van der Waals surface area contributed by atoms with E-state index >= 15 is 0 Å². The van der Waals surface area contributed by atoms with E-state index in [9.17, 15) is 22.8 Å². The number of aliphatic carboxylic acids is 1. The predicted octanol–water partition coefficient (Wildman–Crippen LogP) is 4.21. The van der Waals surface area contributed by atoms with Gasteiger partial charge in [0.2, 0.25) is 0 Å². The van der Waals surface area contributed by atoms with Gasteiger partial charge in [-0.1, -0.05) is 32.0 Å². The average molecular weight is 369 g/mol. The monoisotopic (exact) mass is 369 g/mol. The fraction of sp³-hybridized carbons (Fsp3) is 0.333. The number of benzene rings is 1. The Labute approximate surface area is 147 Å². The third-order valence-corrected chi connectivity index (χ3v) is 3.71. The van der Waals surface area contributed by atoms with Crippen LogP contribution in [0.2, 0.25) is 0 Å². The van der Waals surface area contributed by atoms with Crippen LogP contribution in [0.25, 0.3) is 11.3 Å². The Morgan fingerprint density at radius 1 is 1.19 bits per heavy atom. The number of carboxylic acid groups (broad SMARTS) is 1. The van der Waals surface area contributed by atoms with Gasteiger partial charge < -0.3 is 14.8 Å². The molecule has 1 heterocycles. The molecule has 0 saturated heterocycles. The van der Waals surface area contributed by atoms with E-state index in [4.69, 9.17) is 9.52 Å². The summed E-state index contributed by atoms with van der Waals surface area (Å²) in [6, 6.07) is 8.15. The zero-order valence-corrected chi connectivity index (χ0v) is 14.1. The lowest BCUT2D eigenvalue weighted by Gasteiger charge is -2.15. The Hall–Kier alpha value is -2.77. The fourth-order valence-corrected chi connectivity index (χ4v) is 2.33. The summed E-state index contributed by atoms with van der Waals surface area (Å²) in [5, 5.41) is 10.7. The number of carbonyl (C=O) groups is 2. The zero-order chi connectivity index (χ0) is 19.5. The lowest BCUT2D eigenvalue weighted by Crippen LogP contribution is -2.43. The first-order valence-electron chi connectivity index (χ1n) is 7.87. The van der Waals surface area contributed by atoms with Gasteiger partial charge in [-0.25, -0.2) is 4.79 Å². The molecule has 2 aromatic rings. The quantitative estimate of drug-likeness (QED) is 0.800. The maximum atomic E-state index is 12.4. The van der Waals surface area contributed by atoms with Crippen molar-refractivity contribution < 1.29 is 32.3 Å². The second-order valence-corrected chi connectivity index (χ2v) is 6.13. The van der Waals surface area contributed by atoms with E-state index in [-0.39, 0.29) is 11.7 Å². The molecule has 1 unspecified atom stereocenters. The fourth-order valence-electron chi connectivity index (χ4n) is 2.33. The first kappa shape index (κ1) is 19.6. The smallest absolute Gasteiger partial charge is 0.391 e. The second kappa shape index (κ2) is 7.63. The number of hydrogen-bond acceptors (Lipinski definition) is 3. The van der Waals surface area contributed by atoms with Crippen molar-refractivity contribution in [2.75, 3.05) is 0 Å². The van der Waals surface area contributed by atoms with Crippen LogP contribution in [0.1, 0.15) is 42.3 Å². The van der Waals surface area contributed by atoms with Gasteiger partial charge in [-0.3, -0.25) is 4.79 Å². The predicted molar refractivity (Wildman–Crippen MR) is 87.8 cm³/mol. The van der Waals surface area contributed by atoms with Crippen molar-refractivity contribution in [1.82, 2.24) is 5.32 Å². The molecule has 1 amide bonds. The van der Waals surface area contributed by atoms with Crippen LogP contribution in [0.5, 0.6) is 0 Å². The van der Waals surface area contributed by atoms with Crippen LogP contribution in [0.15, 0.2) is 40.8 Å². The number of halogens is 3. The summed E-state index contributed by atoms with van der Waals surface area (Å²) >= 11 is 0. The van der Waals surface area contributed by atoms with Crippen LogP contribution in [0.3, 0.4) is 0 Å². The van der Waals surface area contributed by atoms with Gasteiger partial charge in [0.25, 0.3) is 5.91 Å². The molecule has 0 aliphatic heterocycles. The molecule has 8 heteroatoms. The lowest BCUT2D eigenvalue weighted by molar-refractivity contribution is -0.157. The Morgan fingerprint density at radius 3 is 2.46 bits per heavy atom. The van der Waals surface area contributed by atoms with Crippen molar-refractivity contribution in [2.45, 2.75) is 38.4 Å². The van der Waals surface area contributed by atoms with Gasteiger partial charge in [0.1, 0.15) is 11.8 Å². The molecule has 26 heavy (non-hydrogen) atoms. The van der Waals surface area contributed by atoms with Crippen molar-refractivity contribution in [1.29, 1.82) is 0 Å². The van der Waals surface area contributed by atoms with E-state index in [1.807, 2.05) is 37.4 Å². The van der Waals surface area contributed by atoms with Crippen LogP contribution in [0.4, 0.5) is 13.2 Å². The molecular formula is C18H18F3NO4. The molecular weight excluding hydrogens is 351 g/mol. The molecule has 2 rings (SSSR count). The lowest BCUT2D eigenvalue weighted by atomic mass is 10.0. The van der Waals surface area contributed by atoms with Gasteiger partial charge in [-0.2, -0.15) is 13.2 Å². The zero-order valence-electron chi connectivity index (χ0n) is 14.1. The SMILES string of the molecule is CC(C)c1cccc(-c2ccc(C(=O)NC(CC(F)(F)F)C(=O)O)o2)c1. The molecule has 140 valence electrons. The van der Waals surface area contributed by atoms with Crippen molar-refractivity contribution in [3.8, 4) is 11.3 Å². The average Bonchev–Trinajstić information content (AvgIpc) is 3.03. The maximum Gasteiger partial charge on any atom is 0.391 e. The summed E-state index contributed by atoms with van der Waals surface area (Å²) in [4.78, 5) is 23.0. The minimum absolute atomic E-state index is 0.261. The Kier molecular flexibility index (Phi) is 5.74. The summed E-state index contributed by atoms with van der Waals surface area (Å²) in [7, 11) is 0. The normalized spacial score (nSPS) is 12.8. The van der Waals surface area contributed by atoms with Crippen molar-refractivity contribution >= 4 is 11.9 Å². The Balaban J connectivity index is 2.17. The van der Waals surface area contributed by atoms with Gasteiger partial charge in [0.15, 0.2) is 5.76 Å². The Morgan fingerprint density at radius 2 is 1.88 bits per heavy atom. The summed E-state index contributed by atoms with van der Waals surface area (Å²) in [6.45, 7) is 4.04. The number of carboxylic acids is 1. The maximum absolute atomic E-state index is 12.4. The summed E-state index contributed by atoms with van der Waals surface area (Å²) in [5.74, 6) is -2.41. The van der Waals surface area contributed by atoms with E-state index in [1.165, 1.54) is 12.1 Å².